The van der Waals surface area contributed by atoms with E-state index in [4.69, 9.17) is 9.47 Å². The van der Waals surface area contributed by atoms with Crippen molar-refractivity contribution in [3.05, 3.63) is 0 Å². The summed E-state index contributed by atoms with van der Waals surface area (Å²) < 4.78 is 19.8. The summed E-state index contributed by atoms with van der Waals surface area (Å²) in [5.41, 5.74) is -0.612. The second-order valence-electron chi connectivity index (χ2n) is 5.80. The number of aromatic nitrogens is 2. The van der Waals surface area contributed by atoms with Gasteiger partial charge in [-0.1, -0.05) is 18.7 Å². The maximum absolute atomic E-state index is 12.1. The van der Waals surface area contributed by atoms with Gasteiger partial charge in [0.05, 0.1) is 18.8 Å². The molecule has 0 spiro atoms. The van der Waals surface area contributed by atoms with Crippen molar-refractivity contribution in [2.75, 3.05) is 19.4 Å². The second kappa shape index (κ2) is 6.62. The highest BCUT2D eigenvalue weighted by Gasteiger charge is 2.51. The molecule has 1 saturated carbocycles. The summed E-state index contributed by atoms with van der Waals surface area (Å²) in [5.74, 6) is 2.11. The van der Waals surface area contributed by atoms with Gasteiger partial charge in [0.25, 0.3) is 5.88 Å². The van der Waals surface area contributed by atoms with Gasteiger partial charge >= 0.3 is 6.09 Å². The molecule has 8 heteroatoms. The average Bonchev–Trinajstić information content (AvgIpc) is 2.99. The van der Waals surface area contributed by atoms with Gasteiger partial charge in [-0.2, -0.15) is 4.37 Å². The molecule has 0 radical (unpaired) electrons. The van der Waals surface area contributed by atoms with E-state index in [-0.39, 0.29) is 6.09 Å². The largest absolute Gasteiger partial charge is 0.453 e. The number of hydrogen-bond acceptors (Lipinski definition) is 7. The van der Waals surface area contributed by atoms with Crippen LogP contribution in [0.5, 0.6) is 5.88 Å². The number of amides is 1. The number of nitrogens with zero attached hydrogens (tertiary/aromatic N) is 3. The Labute approximate surface area is 138 Å². The first kappa shape index (κ1) is 15.9. The van der Waals surface area contributed by atoms with Crippen LogP contribution in [0.2, 0.25) is 0 Å². The maximum atomic E-state index is 12.1. The van der Waals surface area contributed by atoms with E-state index in [1.807, 2.05) is 0 Å². The SMILES string of the molecule is CCCSc1nsnc1OC12CCC(CC1)CN2C(=O)OC. The van der Waals surface area contributed by atoms with Crippen LogP contribution >= 0.6 is 23.5 Å². The maximum Gasteiger partial charge on any atom is 0.412 e. The molecule has 0 unspecified atom stereocenters. The van der Waals surface area contributed by atoms with Crippen LogP contribution < -0.4 is 4.74 Å². The van der Waals surface area contributed by atoms with Crippen LogP contribution in [0.1, 0.15) is 39.0 Å². The van der Waals surface area contributed by atoms with Gasteiger partial charge in [0.1, 0.15) is 0 Å². The standard InChI is InChI=1S/C14H21N3O3S2/c1-3-8-21-12-11(15-22-16-12)20-14-6-4-10(5-7-14)9-17(14)13(18)19-2/h10H,3-9H2,1-2H3. The molecule has 0 aromatic carbocycles. The number of piperidine rings is 2. The zero-order chi connectivity index (χ0) is 15.6. The molecule has 22 heavy (non-hydrogen) atoms. The molecule has 2 aliphatic heterocycles. The van der Waals surface area contributed by atoms with Gasteiger partial charge in [-0.05, 0) is 30.9 Å². The van der Waals surface area contributed by atoms with Crippen molar-refractivity contribution in [1.29, 1.82) is 0 Å². The molecule has 122 valence electrons. The lowest BCUT2D eigenvalue weighted by Crippen LogP contribution is -2.63. The van der Waals surface area contributed by atoms with Crippen LogP contribution in [-0.4, -0.2) is 44.9 Å². The lowest BCUT2D eigenvalue weighted by molar-refractivity contribution is -0.146. The van der Waals surface area contributed by atoms with Gasteiger partial charge in [-0.15, -0.1) is 4.37 Å². The van der Waals surface area contributed by atoms with Gasteiger partial charge in [0.15, 0.2) is 10.8 Å². The number of fused-ring (bicyclic) bond motifs is 3. The molecule has 0 N–H and O–H groups in total. The summed E-state index contributed by atoms with van der Waals surface area (Å²) in [7, 11) is 1.42. The van der Waals surface area contributed by atoms with E-state index in [1.165, 1.54) is 7.11 Å². The summed E-state index contributed by atoms with van der Waals surface area (Å²) in [6.07, 6.45) is 4.60. The number of rotatable bonds is 5. The highest BCUT2D eigenvalue weighted by molar-refractivity contribution is 7.99. The Balaban J connectivity index is 1.81. The van der Waals surface area contributed by atoms with Crippen LogP contribution in [0.3, 0.4) is 0 Å². The van der Waals surface area contributed by atoms with Crippen molar-refractivity contribution in [3.8, 4) is 5.88 Å². The smallest absolute Gasteiger partial charge is 0.412 e. The Morgan fingerprint density at radius 1 is 1.45 bits per heavy atom. The number of carbonyl (C=O) groups is 1. The predicted octanol–water partition coefficient (Wildman–Crippen LogP) is 3.39. The van der Waals surface area contributed by atoms with Crippen LogP contribution in [0.15, 0.2) is 5.03 Å². The van der Waals surface area contributed by atoms with E-state index in [2.05, 4.69) is 15.7 Å². The van der Waals surface area contributed by atoms with Gasteiger partial charge in [-0.3, -0.25) is 4.90 Å². The van der Waals surface area contributed by atoms with Crippen molar-refractivity contribution in [2.45, 2.75) is 49.8 Å². The van der Waals surface area contributed by atoms with Gasteiger partial charge in [0, 0.05) is 19.4 Å². The van der Waals surface area contributed by atoms with Crippen LogP contribution in [-0.2, 0) is 4.74 Å². The molecule has 1 aromatic rings. The van der Waals surface area contributed by atoms with E-state index in [1.54, 1.807) is 16.7 Å². The number of thioether (sulfide) groups is 1. The molecule has 3 heterocycles. The van der Waals surface area contributed by atoms with Crippen LogP contribution in [0.4, 0.5) is 4.79 Å². The Bertz CT molecular complexity index is 529. The fraction of sp³-hybridized carbons (Fsp3) is 0.786. The molecule has 1 amide bonds. The van der Waals surface area contributed by atoms with E-state index >= 15 is 0 Å². The van der Waals surface area contributed by atoms with Crippen molar-refractivity contribution >= 4 is 29.6 Å². The van der Waals surface area contributed by atoms with E-state index in [0.29, 0.717) is 18.3 Å². The Morgan fingerprint density at radius 3 is 2.91 bits per heavy atom. The van der Waals surface area contributed by atoms with Crippen LogP contribution in [0, 0.1) is 5.92 Å². The molecule has 2 saturated heterocycles. The molecule has 0 atom stereocenters. The first-order valence-electron chi connectivity index (χ1n) is 7.68. The monoisotopic (exact) mass is 343 g/mol. The third-order valence-corrected chi connectivity index (χ3v) is 6.15. The van der Waals surface area contributed by atoms with Gasteiger partial charge in [-0.25, -0.2) is 4.79 Å². The quantitative estimate of drug-likeness (QED) is 0.764. The highest BCUT2D eigenvalue weighted by atomic mass is 32.2. The van der Waals surface area contributed by atoms with Crippen molar-refractivity contribution in [3.63, 3.8) is 0 Å². The Hall–Kier alpha value is -1.02. The molecule has 3 fully saturated rings. The first-order chi connectivity index (χ1) is 10.7. The number of ether oxygens (including phenoxy) is 2. The number of methoxy groups -OCH3 is 1. The normalized spacial score (nSPS) is 27.0. The molecular formula is C14H21N3O3S2. The summed E-state index contributed by atoms with van der Waals surface area (Å²) in [5, 5.41) is 0.832. The van der Waals surface area contributed by atoms with Gasteiger partial charge < -0.3 is 9.47 Å². The van der Waals surface area contributed by atoms with Crippen LogP contribution in [0.25, 0.3) is 0 Å². The summed E-state index contributed by atoms with van der Waals surface area (Å²) in [6, 6.07) is 0. The summed E-state index contributed by atoms with van der Waals surface area (Å²) in [4.78, 5) is 13.9. The lowest BCUT2D eigenvalue weighted by atomic mass is 9.77. The fourth-order valence-electron chi connectivity index (χ4n) is 3.22. The van der Waals surface area contributed by atoms with E-state index in [9.17, 15) is 4.79 Å². The average molecular weight is 343 g/mol. The Morgan fingerprint density at radius 2 is 2.23 bits per heavy atom. The fourth-order valence-corrected chi connectivity index (χ4v) is 4.58. The molecule has 1 aliphatic carbocycles. The predicted molar refractivity (Wildman–Crippen MR) is 85.4 cm³/mol. The Kier molecular flexibility index (Phi) is 4.77. The van der Waals surface area contributed by atoms with Crippen molar-refractivity contribution < 1.29 is 14.3 Å². The molecule has 6 nitrogen and oxygen atoms in total. The first-order valence-corrected chi connectivity index (χ1v) is 9.40. The molecule has 4 rings (SSSR count). The lowest BCUT2D eigenvalue weighted by Gasteiger charge is -2.52. The van der Waals surface area contributed by atoms with Gasteiger partial charge in [0.2, 0.25) is 0 Å². The number of carbonyl (C=O) groups excluding carboxylic acids is 1. The second-order valence-corrected chi connectivity index (χ2v) is 7.41. The highest BCUT2D eigenvalue weighted by Crippen LogP contribution is 2.45. The molecule has 3 aliphatic rings. The minimum atomic E-state index is -0.612. The zero-order valence-electron chi connectivity index (χ0n) is 12.9. The van der Waals surface area contributed by atoms with E-state index in [0.717, 1.165) is 54.6 Å². The third-order valence-electron chi connectivity index (χ3n) is 4.37. The summed E-state index contributed by atoms with van der Waals surface area (Å²) in [6.45, 7) is 2.84. The molecular weight excluding hydrogens is 322 g/mol. The van der Waals surface area contributed by atoms with Crippen molar-refractivity contribution in [2.24, 2.45) is 5.92 Å². The molecule has 1 aromatic heterocycles. The van der Waals surface area contributed by atoms with E-state index < -0.39 is 5.72 Å². The minimum absolute atomic E-state index is 0.310. The third kappa shape index (κ3) is 2.90. The molecule has 2 bridgehead atoms. The summed E-state index contributed by atoms with van der Waals surface area (Å²) >= 11 is 2.82. The zero-order valence-corrected chi connectivity index (χ0v) is 14.5. The number of hydrogen-bond donors (Lipinski definition) is 0. The minimum Gasteiger partial charge on any atom is -0.453 e. The van der Waals surface area contributed by atoms with Crippen molar-refractivity contribution in [1.82, 2.24) is 13.6 Å². The topological polar surface area (TPSA) is 64.6 Å².